The predicted molar refractivity (Wildman–Crippen MR) is 66.7 cm³/mol. The van der Waals surface area contributed by atoms with Crippen LogP contribution >= 0.6 is 0 Å². The van der Waals surface area contributed by atoms with Crippen molar-refractivity contribution in [2.45, 2.75) is 20.8 Å². The van der Waals surface area contributed by atoms with Crippen molar-refractivity contribution in [3.05, 3.63) is 18.3 Å². The Morgan fingerprint density at radius 2 is 2.25 bits per heavy atom. The van der Waals surface area contributed by atoms with E-state index in [0.717, 1.165) is 18.1 Å². The van der Waals surface area contributed by atoms with E-state index in [1.807, 2.05) is 19.1 Å². The smallest absolute Gasteiger partial charge is 0.168 e. The number of rotatable bonds is 6. The van der Waals surface area contributed by atoms with Crippen LogP contribution in [0.2, 0.25) is 0 Å². The lowest BCUT2D eigenvalue weighted by Crippen LogP contribution is -2.31. The van der Waals surface area contributed by atoms with E-state index in [1.54, 1.807) is 6.20 Å². The van der Waals surface area contributed by atoms with Crippen LogP contribution in [0.1, 0.15) is 20.8 Å². The largest absolute Gasteiger partial charge is 0.490 e. The first-order valence-corrected chi connectivity index (χ1v) is 5.61. The second-order valence-corrected chi connectivity index (χ2v) is 4.51. The molecule has 0 saturated heterocycles. The Balaban J connectivity index is 2.66. The number of hydrogen-bond acceptors (Lipinski definition) is 4. The summed E-state index contributed by atoms with van der Waals surface area (Å²) >= 11 is 0. The topological polar surface area (TPSA) is 60.2 Å². The molecule has 0 spiro atoms. The van der Waals surface area contributed by atoms with Crippen LogP contribution in [0, 0.1) is 5.41 Å². The third-order valence-corrected chi connectivity index (χ3v) is 2.36. The molecule has 1 rings (SSSR count). The van der Waals surface area contributed by atoms with Gasteiger partial charge in [-0.1, -0.05) is 13.8 Å². The Hall–Kier alpha value is -1.29. The molecular formula is C12H21N3O. The average Bonchev–Trinajstić information content (AvgIpc) is 2.28. The molecule has 0 aliphatic rings. The van der Waals surface area contributed by atoms with E-state index in [4.69, 9.17) is 10.5 Å². The molecule has 0 atom stereocenters. The molecule has 0 aliphatic heterocycles. The molecule has 0 saturated carbocycles. The average molecular weight is 223 g/mol. The minimum atomic E-state index is 0.0566. The van der Waals surface area contributed by atoms with Gasteiger partial charge in [0.05, 0.1) is 6.61 Å². The maximum absolute atomic E-state index is 5.68. The number of nitrogens with zero attached hydrogens (tertiary/aromatic N) is 1. The second kappa shape index (κ2) is 5.70. The van der Waals surface area contributed by atoms with Gasteiger partial charge in [0.25, 0.3) is 0 Å². The highest BCUT2D eigenvalue weighted by Crippen LogP contribution is 2.22. The zero-order chi connectivity index (χ0) is 12.0. The third-order valence-electron chi connectivity index (χ3n) is 2.36. The fraction of sp³-hybridized carbons (Fsp3) is 0.583. The summed E-state index contributed by atoms with van der Waals surface area (Å²) in [5.74, 6) is 1.57. The van der Waals surface area contributed by atoms with Crippen LogP contribution in [0.15, 0.2) is 18.3 Å². The molecule has 16 heavy (non-hydrogen) atoms. The minimum absolute atomic E-state index is 0.0566. The molecule has 90 valence electrons. The molecule has 0 radical (unpaired) electrons. The Kier molecular flexibility index (Phi) is 4.55. The van der Waals surface area contributed by atoms with Gasteiger partial charge in [0.15, 0.2) is 11.6 Å². The SMILES string of the molecule is CCOc1cccnc1NCC(C)(C)CN. The summed E-state index contributed by atoms with van der Waals surface area (Å²) in [6, 6.07) is 3.78. The third kappa shape index (κ3) is 3.70. The first-order valence-electron chi connectivity index (χ1n) is 5.61. The lowest BCUT2D eigenvalue weighted by atomic mass is 9.94. The molecule has 3 N–H and O–H groups in total. The van der Waals surface area contributed by atoms with Crippen LogP contribution in [0.25, 0.3) is 0 Å². The standard InChI is InChI=1S/C12H21N3O/c1-4-16-10-6-5-7-14-11(10)15-9-12(2,3)8-13/h5-7H,4,8-9,13H2,1-3H3,(H,14,15). The van der Waals surface area contributed by atoms with E-state index in [1.165, 1.54) is 0 Å². The number of aromatic nitrogens is 1. The van der Waals surface area contributed by atoms with Crippen LogP contribution in [0.5, 0.6) is 5.75 Å². The van der Waals surface area contributed by atoms with Crippen molar-refractivity contribution in [3.8, 4) is 5.75 Å². The maximum atomic E-state index is 5.68. The van der Waals surface area contributed by atoms with Crippen molar-refractivity contribution in [1.82, 2.24) is 4.98 Å². The number of pyridine rings is 1. The fourth-order valence-electron chi connectivity index (χ4n) is 1.19. The number of ether oxygens (including phenoxy) is 1. The fourth-order valence-corrected chi connectivity index (χ4v) is 1.19. The first kappa shape index (κ1) is 12.8. The summed E-state index contributed by atoms with van der Waals surface area (Å²) < 4.78 is 5.48. The van der Waals surface area contributed by atoms with E-state index in [0.29, 0.717) is 13.2 Å². The number of anilines is 1. The van der Waals surface area contributed by atoms with Gasteiger partial charge in [-0.25, -0.2) is 4.98 Å². The molecule has 4 nitrogen and oxygen atoms in total. The van der Waals surface area contributed by atoms with E-state index in [2.05, 4.69) is 24.1 Å². The highest BCUT2D eigenvalue weighted by atomic mass is 16.5. The van der Waals surface area contributed by atoms with Gasteiger partial charge in [-0.3, -0.25) is 0 Å². The Morgan fingerprint density at radius 1 is 1.50 bits per heavy atom. The van der Waals surface area contributed by atoms with Gasteiger partial charge in [-0.05, 0) is 31.0 Å². The van der Waals surface area contributed by atoms with Crippen molar-refractivity contribution in [2.24, 2.45) is 11.1 Å². The lowest BCUT2D eigenvalue weighted by molar-refractivity contribution is 0.339. The van der Waals surface area contributed by atoms with Crippen LogP contribution in [-0.4, -0.2) is 24.7 Å². The molecule has 1 aromatic heterocycles. The molecule has 0 amide bonds. The minimum Gasteiger partial charge on any atom is -0.490 e. The molecule has 0 unspecified atom stereocenters. The summed E-state index contributed by atoms with van der Waals surface area (Å²) in [5, 5.41) is 3.27. The quantitative estimate of drug-likeness (QED) is 0.773. The zero-order valence-electron chi connectivity index (χ0n) is 10.3. The van der Waals surface area contributed by atoms with E-state index < -0.39 is 0 Å². The maximum Gasteiger partial charge on any atom is 0.168 e. The summed E-state index contributed by atoms with van der Waals surface area (Å²) in [5.41, 5.74) is 5.73. The van der Waals surface area contributed by atoms with Gasteiger partial charge in [0.1, 0.15) is 0 Å². The van der Waals surface area contributed by atoms with Crippen molar-refractivity contribution in [1.29, 1.82) is 0 Å². The van der Waals surface area contributed by atoms with Gasteiger partial charge >= 0.3 is 0 Å². The van der Waals surface area contributed by atoms with Gasteiger partial charge < -0.3 is 15.8 Å². The molecule has 0 aliphatic carbocycles. The summed E-state index contributed by atoms with van der Waals surface area (Å²) in [6.45, 7) is 8.24. The van der Waals surface area contributed by atoms with Crippen molar-refractivity contribution in [2.75, 3.05) is 25.0 Å². The zero-order valence-corrected chi connectivity index (χ0v) is 10.3. The Bertz CT molecular complexity index is 326. The van der Waals surface area contributed by atoms with Gasteiger partial charge in [-0.2, -0.15) is 0 Å². The molecule has 4 heteroatoms. The van der Waals surface area contributed by atoms with Crippen LogP contribution < -0.4 is 15.8 Å². The Morgan fingerprint density at radius 3 is 2.88 bits per heavy atom. The van der Waals surface area contributed by atoms with E-state index >= 15 is 0 Å². The number of hydrogen-bond donors (Lipinski definition) is 2. The van der Waals surface area contributed by atoms with Gasteiger partial charge in [-0.15, -0.1) is 0 Å². The first-order chi connectivity index (χ1) is 7.59. The highest BCUT2D eigenvalue weighted by molar-refractivity contribution is 5.49. The normalized spacial score (nSPS) is 11.2. The number of nitrogens with one attached hydrogen (secondary N) is 1. The van der Waals surface area contributed by atoms with Crippen molar-refractivity contribution < 1.29 is 4.74 Å². The molecule has 0 bridgehead atoms. The van der Waals surface area contributed by atoms with Crippen LogP contribution in [0.4, 0.5) is 5.82 Å². The molecule has 1 aromatic rings. The second-order valence-electron chi connectivity index (χ2n) is 4.51. The van der Waals surface area contributed by atoms with Gasteiger partial charge in [0, 0.05) is 12.7 Å². The summed E-state index contributed by atoms with van der Waals surface area (Å²) in [6.07, 6.45) is 1.75. The number of nitrogens with two attached hydrogens (primary N) is 1. The van der Waals surface area contributed by atoms with E-state index in [-0.39, 0.29) is 5.41 Å². The summed E-state index contributed by atoms with van der Waals surface area (Å²) in [4.78, 5) is 4.26. The lowest BCUT2D eigenvalue weighted by Gasteiger charge is -2.23. The highest BCUT2D eigenvalue weighted by Gasteiger charge is 2.16. The van der Waals surface area contributed by atoms with Crippen molar-refractivity contribution in [3.63, 3.8) is 0 Å². The predicted octanol–water partition coefficient (Wildman–Crippen LogP) is 1.88. The van der Waals surface area contributed by atoms with Crippen LogP contribution in [0.3, 0.4) is 0 Å². The van der Waals surface area contributed by atoms with Crippen LogP contribution in [-0.2, 0) is 0 Å². The molecule has 0 fully saturated rings. The van der Waals surface area contributed by atoms with E-state index in [9.17, 15) is 0 Å². The van der Waals surface area contributed by atoms with Crippen molar-refractivity contribution >= 4 is 5.82 Å². The van der Waals surface area contributed by atoms with Gasteiger partial charge in [0.2, 0.25) is 0 Å². The Labute approximate surface area is 97.2 Å². The molecule has 0 aromatic carbocycles. The molecular weight excluding hydrogens is 202 g/mol. The molecule has 1 heterocycles. The monoisotopic (exact) mass is 223 g/mol. The summed E-state index contributed by atoms with van der Waals surface area (Å²) in [7, 11) is 0.